The van der Waals surface area contributed by atoms with E-state index in [2.05, 4.69) is 16.8 Å². The molecule has 1 atom stereocenters. The summed E-state index contributed by atoms with van der Waals surface area (Å²) in [7, 11) is 0. The molecule has 1 amide bonds. The van der Waals surface area contributed by atoms with E-state index in [1.54, 1.807) is 0 Å². The molecule has 5 rings (SSSR count). The number of oxazole rings is 1. The van der Waals surface area contributed by atoms with Crippen molar-refractivity contribution in [1.82, 2.24) is 24.5 Å². The number of fused-ring (bicyclic) bond motifs is 1. The number of likely N-dealkylation sites (tertiary alicyclic amines) is 1. The molecule has 0 N–H and O–H groups in total. The van der Waals surface area contributed by atoms with E-state index in [1.807, 2.05) is 21.7 Å². The van der Waals surface area contributed by atoms with Crippen molar-refractivity contribution in [2.24, 2.45) is 0 Å². The lowest BCUT2D eigenvalue weighted by Gasteiger charge is -2.34. The third-order valence-electron chi connectivity index (χ3n) is 5.78. The van der Waals surface area contributed by atoms with Crippen molar-refractivity contribution in [2.75, 3.05) is 24.5 Å². The molecule has 2 fully saturated rings. The standard InChI is InChI=1S/C20H24N6O2/c1-14-12-26-18(22-19(14)24-7-4-5-8-24)10-15(23-26)16-6-2-3-9-25(16)20(27)17-11-21-13-28-17/h10-13,16H,2-9H2,1H3/t16-/m0/s1. The molecule has 8 nitrogen and oxygen atoms in total. The van der Waals surface area contributed by atoms with Crippen LogP contribution in [0.3, 0.4) is 0 Å². The minimum Gasteiger partial charge on any atom is -0.438 e. The number of nitrogens with zero attached hydrogens (tertiary/aromatic N) is 6. The zero-order valence-electron chi connectivity index (χ0n) is 16.0. The Bertz CT molecular complexity index is 990. The molecule has 2 aliphatic heterocycles. The minimum absolute atomic E-state index is 0.0661. The Morgan fingerprint density at radius 1 is 1.18 bits per heavy atom. The maximum absolute atomic E-state index is 12.9. The number of hydrogen-bond donors (Lipinski definition) is 0. The summed E-state index contributed by atoms with van der Waals surface area (Å²) >= 11 is 0. The van der Waals surface area contributed by atoms with E-state index in [0.717, 1.165) is 55.1 Å². The molecule has 146 valence electrons. The third-order valence-corrected chi connectivity index (χ3v) is 5.78. The maximum atomic E-state index is 12.9. The first-order chi connectivity index (χ1) is 13.7. The number of carbonyl (C=O) groups excluding carboxylic acids is 1. The van der Waals surface area contributed by atoms with Gasteiger partial charge in [0, 0.05) is 37.5 Å². The van der Waals surface area contributed by atoms with Crippen LogP contribution in [0.2, 0.25) is 0 Å². The van der Waals surface area contributed by atoms with Gasteiger partial charge in [-0.25, -0.2) is 14.5 Å². The first-order valence-corrected chi connectivity index (χ1v) is 10.0. The molecule has 5 heterocycles. The number of hydrogen-bond acceptors (Lipinski definition) is 6. The van der Waals surface area contributed by atoms with Crippen LogP contribution >= 0.6 is 0 Å². The van der Waals surface area contributed by atoms with Gasteiger partial charge in [0.1, 0.15) is 5.82 Å². The van der Waals surface area contributed by atoms with Crippen LogP contribution in [0, 0.1) is 6.92 Å². The van der Waals surface area contributed by atoms with Crippen molar-refractivity contribution in [2.45, 2.75) is 45.1 Å². The summed E-state index contributed by atoms with van der Waals surface area (Å²) in [6.45, 7) is 4.91. The summed E-state index contributed by atoms with van der Waals surface area (Å²) in [6.07, 6.45) is 10.2. The molecule has 8 heteroatoms. The Kier molecular flexibility index (Phi) is 4.26. The molecule has 0 aliphatic carbocycles. The molecule has 0 aromatic carbocycles. The van der Waals surface area contributed by atoms with E-state index >= 15 is 0 Å². The van der Waals surface area contributed by atoms with Crippen molar-refractivity contribution in [3.63, 3.8) is 0 Å². The number of aryl methyl sites for hydroxylation is 1. The smallest absolute Gasteiger partial charge is 0.291 e. The Hall–Kier alpha value is -2.90. The largest absolute Gasteiger partial charge is 0.438 e. The average molecular weight is 380 g/mol. The van der Waals surface area contributed by atoms with Gasteiger partial charge in [-0.2, -0.15) is 5.10 Å². The molecule has 0 bridgehead atoms. The molecular formula is C20H24N6O2. The lowest BCUT2D eigenvalue weighted by Crippen LogP contribution is -2.38. The first-order valence-electron chi connectivity index (χ1n) is 10.0. The molecule has 0 saturated carbocycles. The topological polar surface area (TPSA) is 79.8 Å². The number of piperidine rings is 1. The summed E-state index contributed by atoms with van der Waals surface area (Å²) < 4.78 is 7.08. The number of carbonyl (C=O) groups is 1. The van der Waals surface area contributed by atoms with E-state index in [9.17, 15) is 4.79 Å². The predicted molar refractivity (Wildman–Crippen MR) is 103 cm³/mol. The predicted octanol–water partition coefficient (Wildman–Crippen LogP) is 2.99. The van der Waals surface area contributed by atoms with E-state index in [1.165, 1.54) is 25.4 Å². The van der Waals surface area contributed by atoms with Crippen LogP contribution in [-0.2, 0) is 0 Å². The van der Waals surface area contributed by atoms with E-state index in [0.29, 0.717) is 6.54 Å². The highest BCUT2D eigenvalue weighted by Crippen LogP contribution is 2.32. The van der Waals surface area contributed by atoms with Gasteiger partial charge in [0.05, 0.1) is 17.9 Å². The lowest BCUT2D eigenvalue weighted by atomic mass is 9.99. The van der Waals surface area contributed by atoms with Gasteiger partial charge in [0.2, 0.25) is 5.76 Å². The Balaban J connectivity index is 1.49. The molecule has 28 heavy (non-hydrogen) atoms. The number of amides is 1. The fourth-order valence-corrected chi connectivity index (χ4v) is 4.38. The molecule has 2 saturated heterocycles. The SMILES string of the molecule is Cc1cn2nc([C@@H]3CCCCN3C(=O)c3cnco3)cc2nc1N1CCCC1. The van der Waals surface area contributed by atoms with Crippen LogP contribution in [0.15, 0.2) is 29.3 Å². The van der Waals surface area contributed by atoms with Crippen molar-refractivity contribution >= 4 is 17.4 Å². The number of rotatable bonds is 3. The lowest BCUT2D eigenvalue weighted by molar-refractivity contribution is 0.0573. The van der Waals surface area contributed by atoms with Crippen LogP contribution in [0.1, 0.15) is 60.0 Å². The third kappa shape index (κ3) is 2.93. The highest BCUT2D eigenvalue weighted by molar-refractivity contribution is 5.91. The summed E-state index contributed by atoms with van der Waals surface area (Å²) in [5, 5.41) is 4.77. The molecule has 2 aliphatic rings. The van der Waals surface area contributed by atoms with Gasteiger partial charge >= 0.3 is 0 Å². The average Bonchev–Trinajstić information content (AvgIpc) is 3.47. The van der Waals surface area contributed by atoms with E-state index < -0.39 is 0 Å². The van der Waals surface area contributed by atoms with E-state index in [4.69, 9.17) is 14.5 Å². The molecule has 0 radical (unpaired) electrons. The Labute approximate surface area is 163 Å². The fraction of sp³-hybridized carbons (Fsp3) is 0.500. The Morgan fingerprint density at radius 2 is 2.00 bits per heavy atom. The molecule has 0 unspecified atom stereocenters. The van der Waals surface area contributed by atoms with Crippen LogP contribution in [0.4, 0.5) is 5.82 Å². The van der Waals surface area contributed by atoms with Gasteiger partial charge in [-0.1, -0.05) is 0 Å². The van der Waals surface area contributed by atoms with Gasteiger partial charge in [-0.15, -0.1) is 0 Å². The highest BCUT2D eigenvalue weighted by Gasteiger charge is 2.32. The zero-order chi connectivity index (χ0) is 19.1. The van der Waals surface area contributed by atoms with Gasteiger partial charge in [0.25, 0.3) is 5.91 Å². The van der Waals surface area contributed by atoms with Crippen molar-refractivity contribution in [1.29, 1.82) is 0 Å². The summed E-state index contributed by atoms with van der Waals surface area (Å²) in [5.74, 6) is 1.21. The monoisotopic (exact) mass is 380 g/mol. The van der Waals surface area contributed by atoms with Crippen molar-refractivity contribution < 1.29 is 9.21 Å². The molecule has 0 spiro atoms. The minimum atomic E-state index is -0.124. The van der Waals surface area contributed by atoms with Crippen LogP contribution in [0.5, 0.6) is 0 Å². The summed E-state index contributed by atoms with van der Waals surface area (Å²) in [4.78, 5) is 25.9. The maximum Gasteiger partial charge on any atom is 0.291 e. The quantitative estimate of drug-likeness (QED) is 0.695. The van der Waals surface area contributed by atoms with Crippen LogP contribution in [0.25, 0.3) is 5.65 Å². The molecular weight excluding hydrogens is 356 g/mol. The second-order valence-electron chi connectivity index (χ2n) is 7.69. The fourth-order valence-electron chi connectivity index (χ4n) is 4.38. The zero-order valence-corrected chi connectivity index (χ0v) is 16.0. The van der Waals surface area contributed by atoms with Crippen molar-refractivity contribution in [3.05, 3.63) is 41.9 Å². The van der Waals surface area contributed by atoms with Gasteiger partial charge in [-0.05, 0) is 39.0 Å². The van der Waals surface area contributed by atoms with Gasteiger partial charge < -0.3 is 14.2 Å². The highest BCUT2D eigenvalue weighted by atomic mass is 16.3. The number of anilines is 1. The second-order valence-corrected chi connectivity index (χ2v) is 7.69. The van der Waals surface area contributed by atoms with Crippen LogP contribution in [-0.4, -0.2) is 50.0 Å². The molecule has 3 aromatic rings. The normalized spacial score (nSPS) is 20.2. The summed E-state index contributed by atoms with van der Waals surface area (Å²) in [6, 6.07) is 1.96. The van der Waals surface area contributed by atoms with E-state index in [-0.39, 0.29) is 17.7 Å². The van der Waals surface area contributed by atoms with Gasteiger partial charge in [-0.3, -0.25) is 4.79 Å². The van der Waals surface area contributed by atoms with Crippen LogP contribution < -0.4 is 4.90 Å². The van der Waals surface area contributed by atoms with Crippen molar-refractivity contribution in [3.8, 4) is 0 Å². The van der Waals surface area contributed by atoms with Gasteiger partial charge in [0.15, 0.2) is 12.0 Å². The number of aromatic nitrogens is 4. The second kappa shape index (κ2) is 6.92. The summed E-state index contributed by atoms with van der Waals surface area (Å²) in [5.41, 5.74) is 2.85. The first kappa shape index (κ1) is 17.2. The molecule has 3 aromatic heterocycles. The Morgan fingerprint density at radius 3 is 2.79 bits per heavy atom.